The van der Waals surface area contributed by atoms with Crippen molar-refractivity contribution < 1.29 is 4.74 Å². The molecule has 1 saturated carbocycles. The number of hydrogen-bond donors (Lipinski definition) is 2. The van der Waals surface area contributed by atoms with Gasteiger partial charge in [0, 0.05) is 24.9 Å². The van der Waals surface area contributed by atoms with Gasteiger partial charge >= 0.3 is 0 Å². The van der Waals surface area contributed by atoms with E-state index in [0.717, 1.165) is 43.9 Å². The summed E-state index contributed by atoms with van der Waals surface area (Å²) in [5, 5.41) is 7.49. The number of halogens is 1. The third-order valence-electron chi connectivity index (χ3n) is 4.34. The molecule has 0 spiro atoms. The lowest BCUT2D eigenvalue weighted by molar-refractivity contribution is 0.0277. The minimum atomic E-state index is 0. The van der Waals surface area contributed by atoms with Gasteiger partial charge in [0.05, 0.1) is 12.6 Å². The molecule has 1 atom stereocenters. The van der Waals surface area contributed by atoms with Gasteiger partial charge in [0.15, 0.2) is 5.96 Å². The molecule has 6 heteroatoms. The Balaban J connectivity index is 0.00000264. The van der Waals surface area contributed by atoms with Crippen molar-refractivity contribution in [3.8, 4) is 0 Å². The third-order valence-corrected chi connectivity index (χ3v) is 5.72. The molecule has 0 aromatic rings. The van der Waals surface area contributed by atoms with Gasteiger partial charge in [-0.3, -0.25) is 4.99 Å². The average Bonchev–Trinajstić information content (AvgIpc) is 3.06. The summed E-state index contributed by atoms with van der Waals surface area (Å²) >= 11 is 2.07. The minimum absolute atomic E-state index is 0. The van der Waals surface area contributed by atoms with E-state index in [2.05, 4.69) is 29.3 Å². The van der Waals surface area contributed by atoms with Gasteiger partial charge in [0.25, 0.3) is 0 Å². The van der Waals surface area contributed by atoms with Gasteiger partial charge in [-0.1, -0.05) is 19.3 Å². The molecule has 2 N–H and O–H groups in total. The fourth-order valence-corrected chi connectivity index (χ4v) is 4.26. The lowest BCUT2D eigenvalue weighted by Crippen LogP contribution is -2.38. The topological polar surface area (TPSA) is 45.7 Å². The van der Waals surface area contributed by atoms with Gasteiger partial charge in [0.2, 0.25) is 0 Å². The summed E-state index contributed by atoms with van der Waals surface area (Å²) in [6, 6.07) is 0. The Kier molecular flexibility index (Phi) is 12.6. The van der Waals surface area contributed by atoms with Crippen molar-refractivity contribution in [2.75, 3.05) is 32.0 Å². The van der Waals surface area contributed by atoms with Crippen LogP contribution < -0.4 is 10.6 Å². The van der Waals surface area contributed by atoms with Crippen LogP contribution >= 0.6 is 35.7 Å². The van der Waals surface area contributed by atoms with Gasteiger partial charge in [-0.15, -0.1) is 24.0 Å². The molecule has 0 radical (unpaired) electrons. The Morgan fingerprint density at radius 3 is 2.65 bits per heavy atom. The molecular weight excluding hydrogens is 421 g/mol. The first-order valence-corrected chi connectivity index (χ1v) is 10.2. The first kappa shape index (κ1) is 21.4. The van der Waals surface area contributed by atoms with E-state index in [0.29, 0.717) is 6.10 Å². The number of hydrogen-bond acceptors (Lipinski definition) is 3. The van der Waals surface area contributed by atoms with E-state index in [4.69, 9.17) is 9.73 Å². The monoisotopic (exact) mass is 455 g/mol. The van der Waals surface area contributed by atoms with E-state index >= 15 is 0 Å². The Morgan fingerprint density at radius 2 is 1.96 bits per heavy atom. The normalized spacial score (nSPS) is 22.7. The number of aliphatic imine (C=N–C) groups is 1. The zero-order valence-corrected chi connectivity index (χ0v) is 17.7. The molecular formula is C17H34IN3OS. The molecule has 0 amide bonds. The molecule has 1 heterocycles. The van der Waals surface area contributed by atoms with E-state index < -0.39 is 0 Å². The highest BCUT2D eigenvalue weighted by Gasteiger charge is 2.15. The van der Waals surface area contributed by atoms with Gasteiger partial charge in [-0.25, -0.2) is 0 Å². The van der Waals surface area contributed by atoms with Crippen LogP contribution in [0.4, 0.5) is 0 Å². The highest BCUT2D eigenvalue weighted by Crippen LogP contribution is 2.26. The Hall–Kier alpha value is 0.310. The summed E-state index contributed by atoms with van der Waals surface area (Å²) < 4.78 is 5.96. The highest BCUT2D eigenvalue weighted by molar-refractivity contribution is 14.0. The molecule has 136 valence electrons. The standard InChI is InChI=1S/C17H33N3OS.HI/c1-2-18-17(20-14-16-10-6-13-22-16)19-11-7-12-21-15-8-4-3-5-9-15;/h15-16H,2-14H2,1H3,(H2,18,19,20);1H. The molecule has 1 aliphatic carbocycles. The zero-order chi connectivity index (χ0) is 15.5. The predicted octanol–water partition coefficient (Wildman–Crippen LogP) is 3.79. The number of nitrogens with zero attached hydrogens (tertiary/aromatic N) is 1. The van der Waals surface area contributed by atoms with Gasteiger partial charge < -0.3 is 15.4 Å². The van der Waals surface area contributed by atoms with Crippen molar-refractivity contribution in [2.45, 2.75) is 69.6 Å². The molecule has 1 saturated heterocycles. The van der Waals surface area contributed by atoms with Gasteiger partial charge in [-0.05, 0) is 44.8 Å². The SMILES string of the molecule is CCNC(=NCC1CCCS1)NCCCOC1CCCCC1.I. The number of rotatable bonds is 8. The molecule has 2 aliphatic rings. The van der Waals surface area contributed by atoms with Crippen LogP contribution in [-0.4, -0.2) is 49.3 Å². The van der Waals surface area contributed by atoms with Crippen molar-refractivity contribution in [3.63, 3.8) is 0 Å². The van der Waals surface area contributed by atoms with Crippen LogP contribution in [0.3, 0.4) is 0 Å². The van der Waals surface area contributed by atoms with Gasteiger partial charge in [0.1, 0.15) is 0 Å². The van der Waals surface area contributed by atoms with Crippen LogP contribution in [0.25, 0.3) is 0 Å². The molecule has 4 nitrogen and oxygen atoms in total. The largest absolute Gasteiger partial charge is 0.378 e. The first-order chi connectivity index (χ1) is 10.9. The summed E-state index contributed by atoms with van der Waals surface area (Å²) in [7, 11) is 0. The van der Waals surface area contributed by atoms with Crippen LogP contribution in [0.2, 0.25) is 0 Å². The predicted molar refractivity (Wildman–Crippen MR) is 112 cm³/mol. The second kappa shape index (κ2) is 13.6. The fourth-order valence-electron chi connectivity index (χ4n) is 3.08. The second-order valence-electron chi connectivity index (χ2n) is 6.27. The lowest BCUT2D eigenvalue weighted by atomic mass is 9.98. The van der Waals surface area contributed by atoms with Crippen molar-refractivity contribution in [3.05, 3.63) is 0 Å². The number of nitrogens with one attached hydrogen (secondary N) is 2. The molecule has 0 bridgehead atoms. The summed E-state index contributed by atoms with van der Waals surface area (Å²) in [5.74, 6) is 2.27. The highest BCUT2D eigenvalue weighted by atomic mass is 127. The molecule has 1 aliphatic heterocycles. The Bertz CT molecular complexity index is 319. The van der Waals surface area contributed by atoms with Crippen molar-refractivity contribution >= 4 is 41.7 Å². The van der Waals surface area contributed by atoms with E-state index in [1.807, 2.05) is 0 Å². The Labute approximate surface area is 163 Å². The van der Waals surface area contributed by atoms with Crippen molar-refractivity contribution in [1.29, 1.82) is 0 Å². The summed E-state index contributed by atoms with van der Waals surface area (Å²) in [6.45, 7) is 5.79. The maximum atomic E-state index is 5.96. The van der Waals surface area contributed by atoms with E-state index in [-0.39, 0.29) is 24.0 Å². The number of thioether (sulfide) groups is 1. The van der Waals surface area contributed by atoms with E-state index in [1.165, 1.54) is 50.7 Å². The second-order valence-corrected chi connectivity index (χ2v) is 7.67. The third kappa shape index (κ3) is 9.39. The minimum Gasteiger partial charge on any atom is -0.378 e. The number of guanidine groups is 1. The molecule has 0 aromatic heterocycles. The van der Waals surface area contributed by atoms with E-state index in [1.54, 1.807) is 0 Å². The summed E-state index contributed by atoms with van der Waals surface area (Å²) in [6.07, 6.45) is 10.9. The smallest absolute Gasteiger partial charge is 0.191 e. The maximum Gasteiger partial charge on any atom is 0.191 e. The summed E-state index contributed by atoms with van der Waals surface area (Å²) in [4.78, 5) is 4.72. The quantitative estimate of drug-likeness (QED) is 0.253. The zero-order valence-electron chi connectivity index (χ0n) is 14.5. The molecule has 2 rings (SSSR count). The van der Waals surface area contributed by atoms with Crippen LogP contribution in [0, 0.1) is 0 Å². The Morgan fingerprint density at radius 1 is 1.13 bits per heavy atom. The van der Waals surface area contributed by atoms with Crippen LogP contribution in [0.15, 0.2) is 4.99 Å². The van der Waals surface area contributed by atoms with Crippen molar-refractivity contribution in [1.82, 2.24) is 10.6 Å². The maximum absolute atomic E-state index is 5.96. The average molecular weight is 455 g/mol. The van der Waals surface area contributed by atoms with E-state index in [9.17, 15) is 0 Å². The molecule has 1 unspecified atom stereocenters. The van der Waals surface area contributed by atoms with Crippen molar-refractivity contribution in [2.24, 2.45) is 4.99 Å². The molecule has 0 aromatic carbocycles. The number of ether oxygens (including phenoxy) is 1. The molecule has 2 fully saturated rings. The van der Waals surface area contributed by atoms with Crippen LogP contribution in [0.5, 0.6) is 0 Å². The first-order valence-electron chi connectivity index (χ1n) is 9.14. The van der Waals surface area contributed by atoms with Gasteiger partial charge in [-0.2, -0.15) is 11.8 Å². The van der Waals surface area contributed by atoms with Crippen LogP contribution in [-0.2, 0) is 4.74 Å². The van der Waals surface area contributed by atoms with Crippen LogP contribution in [0.1, 0.15) is 58.3 Å². The fraction of sp³-hybridized carbons (Fsp3) is 0.941. The summed E-state index contributed by atoms with van der Waals surface area (Å²) in [5.41, 5.74) is 0. The molecule has 23 heavy (non-hydrogen) atoms. The lowest BCUT2D eigenvalue weighted by Gasteiger charge is -2.22.